The van der Waals surface area contributed by atoms with Crippen molar-refractivity contribution >= 4 is 44.0 Å². The van der Waals surface area contributed by atoms with E-state index in [0.717, 1.165) is 92.4 Å². The fraction of sp³-hybridized carbons (Fsp3) is 0.438. The quantitative estimate of drug-likeness (QED) is 0.148. The van der Waals surface area contributed by atoms with Crippen LogP contribution >= 0.6 is 11.3 Å². The summed E-state index contributed by atoms with van der Waals surface area (Å²) in [7, 11) is 0. The van der Waals surface area contributed by atoms with Gasteiger partial charge in [0.05, 0.1) is 50.8 Å². The number of thiophene rings is 1. The van der Waals surface area contributed by atoms with Gasteiger partial charge < -0.3 is 19.4 Å². The fourth-order valence-electron chi connectivity index (χ4n) is 6.24. The van der Waals surface area contributed by atoms with E-state index in [2.05, 4.69) is 39.5 Å². The largest absolute Gasteiger partial charge is 0.494 e. The molecule has 1 saturated carbocycles. The summed E-state index contributed by atoms with van der Waals surface area (Å²) in [5.74, 6) is 0.848. The van der Waals surface area contributed by atoms with Crippen molar-refractivity contribution in [2.24, 2.45) is 5.92 Å². The molecule has 0 spiro atoms. The molecule has 1 aliphatic carbocycles. The lowest BCUT2D eigenvalue weighted by Gasteiger charge is -2.45. The van der Waals surface area contributed by atoms with Crippen LogP contribution < -0.4 is 15.2 Å². The Morgan fingerprint density at radius 3 is 2.70 bits per heavy atom. The highest BCUT2D eigenvalue weighted by Crippen LogP contribution is 2.32. The van der Waals surface area contributed by atoms with Crippen LogP contribution in [0.5, 0.6) is 5.75 Å². The summed E-state index contributed by atoms with van der Waals surface area (Å²) in [6.45, 7) is 5.84. The van der Waals surface area contributed by atoms with Crippen molar-refractivity contribution < 1.29 is 18.8 Å². The topological polar surface area (TPSA) is 71.6 Å². The Balaban J connectivity index is 1.06. The first-order chi connectivity index (χ1) is 19.6. The number of quaternary nitrogens is 1. The third-order valence-electron chi connectivity index (χ3n) is 8.66. The molecular weight excluding hydrogens is 522 g/mol. The molecule has 40 heavy (non-hydrogen) atoms. The van der Waals surface area contributed by atoms with E-state index in [9.17, 15) is 9.59 Å². The number of rotatable bonds is 10. The molecule has 2 aromatic carbocycles. The monoisotopic (exact) mass is 560 g/mol. The van der Waals surface area contributed by atoms with E-state index < -0.39 is 0 Å². The second-order valence-electron chi connectivity index (χ2n) is 11.3. The number of fused-ring (bicyclic) bond motifs is 2. The molecular formula is C32H38N3O4S+. The Bertz CT molecular complexity index is 1520. The molecule has 1 saturated heterocycles. The van der Waals surface area contributed by atoms with Gasteiger partial charge in [-0.3, -0.25) is 14.1 Å². The molecule has 0 amide bonds. The smallest absolute Gasteiger partial charge is 0.313 e. The van der Waals surface area contributed by atoms with Crippen LogP contribution in [-0.4, -0.2) is 61.5 Å². The Morgan fingerprint density at radius 2 is 1.85 bits per heavy atom. The Labute approximate surface area is 238 Å². The Hall–Kier alpha value is -3.36. The van der Waals surface area contributed by atoms with Crippen molar-refractivity contribution in [3.8, 4) is 5.75 Å². The molecule has 1 aliphatic heterocycles. The minimum Gasteiger partial charge on any atom is -0.494 e. The lowest BCUT2D eigenvalue weighted by Crippen LogP contribution is -2.61. The number of esters is 1. The number of aromatic nitrogens is 1. The van der Waals surface area contributed by atoms with Crippen LogP contribution in [0, 0.1) is 5.92 Å². The third kappa shape index (κ3) is 6.03. The third-order valence-corrected chi connectivity index (χ3v) is 9.55. The van der Waals surface area contributed by atoms with Gasteiger partial charge >= 0.3 is 5.97 Å². The highest BCUT2D eigenvalue weighted by molar-refractivity contribution is 7.17. The molecule has 3 heterocycles. The summed E-state index contributed by atoms with van der Waals surface area (Å²) in [5, 5.41) is 4.48. The van der Waals surface area contributed by atoms with Crippen molar-refractivity contribution in [3.63, 3.8) is 0 Å². The van der Waals surface area contributed by atoms with E-state index >= 15 is 0 Å². The lowest BCUT2D eigenvalue weighted by atomic mass is 10.1. The number of nitrogens with zero attached hydrogens (tertiary/aromatic N) is 2. The second-order valence-corrected chi connectivity index (χ2v) is 12.3. The molecule has 1 N–H and O–H groups in total. The van der Waals surface area contributed by atoms with Crippen LogP contribution in [0.4, 0.5) is 5.69 Å². The zero-order valence-corrected chi connectivity index (χ0v) is 23.8. The highest BCUT2D eigenvalue weighted by Gasteiger charge is 2.35. The van der Waals surface area contributed by atoms with Gasteiger partial charge in [0.1, 0.15) is 5.75 Å². The number of piperazine rings is 1. The van der Waals surface area contributed by atoms with Crippen molar-refractivity contribution in [1.82, 2.24) is 4.98 Å². The molecule has 6 rings (SSSR count). The number of ether oxygens (including phenoxy) is 2. The zero-order valence-electron chi connectivity index (χ0n) is 23.0. The molecule has 0 unspecified atom stereocenters. The van der Waals surface area contributed by atoms with Crippen LogP contribution in [0.15, 0.2) is 64.8 Å². The van der Waals surface area contributed by atoms with Gasteiger partial charge in [-0.1, -0.05) is 18.9 Å². The standard InChI is InChI=1S/C32H37N3O4S/c36-31-13-11-24-10-12-26(22-28(24)33-31)38-20-4-3-17-35(23-39-32(37)25-6-1-2-7-25)18-15-34(16-19-35)29-8-5-9-30-27(29)14-21-40-30/h5,8-14,21-22,25H,1-4,6-7,15-20,23H2/p+1. The number of carbonyl (C=O) groups is 1. The number of H-pyrrole nitrogens is 1. The van der Waals surface area contributed by atoms with E-state index in [-0.39, 0.29) is 17.4 Å². The predicted molar refractivity (Wildman–Crippen MR) is 161 cm³/mol. The van der Waals surface area contributed by atoms with Crippen LogP contribution in [0.1, 0.15) is 38.5 Å². The fourth-order valence-corrected chi connectivity index (χ4v) is 7.05. The molecule has 2 fully saturated rings. The first kappa shape index (κ1) is 26.8. The number of nitrogens with one attached hydrogen (secondary N) is 1. The maximum Gasteiger partial charge on any atom is 0.313 e. The minimum absolute atomic E-state index is 0.00171. The molecule has 4 aromatic rings. The molecule has 7 nitrogen and oxygen atoms in total. The summed E-state index contributed by atoms with van der Waals surface area (Å²) in [4.78, 5) is 29.8. The van der Waals surface area contributed by atoms with Gasteiger partial charge in [-0.2, -0.15) is 0 Å². The SMILES string of the molecule is O=C(OC[N+]1(CCCCOc2ccc3ccc(=O)[nH]c3c2)CCN(c2cccc3sccc23)CC1)C1CCCC1. The van der Waals surface area contributed by atoms with Gasteiger partial charge in [0.25, 0.3) is 0 Å². The van der Waals surface area contributed by atoms with Crippen LogP contribution in [0.2, 0.25) is 0 Å². The number of anilines is 1. The van der Waals surface area contributed by atoms with Crippen LogP contribution in [-0.2, 0) is 9.53 Å². The van der Waals surface area contributed by atoms with E-state index in [0.29, 0.717) is 13.3 Å². The molecule has 0 radical (unpaired) electrons. The first-order valence-corrected chi connectivity index (χ1v) is 15.5. The van der Waals surface area contributed by atoms with Gasteiger partial charge in [0.15, 0.2) is 0 Å². The van der Waals surface area contributed by atoms with Crippen LogP contribution in [0.3, 0.4) is 0 Å². The van der Waals surface area contributed by atoms with Crippen molar-refractivity contribution in [1.29, 1.82) is 0 Å². The first-order valence-electron chi connectivity index (χ1n) is 14.6. The number of carbonyl (C=O) groups excluding carboxylic acids is 1. The highest BCUT2D eigenvalue weighted by atomic mass is 32.1. The number of unbranched alkanes of at least 4 members (excludes halogenated alkanes) is 1. The molecule has 2 aromatic heterocycles. The van der Waals surface area contributed by atoms with E-state index in [1.807, 2.05) is 24.3 Å². The lowest BCUT2D eigenvalue weighted by molar-refractivity contribution is -0.944. The Kier molecular flexibility index (Phi) is 8.07. The van der Waals surface area contributed by atoms with Gasteiger partial charge in [0, 0.05) is 27.9 Å². The molecule has 210 valence electrons. The number of hydrogen-bond donors (Lipinski definition) is 1. The maximum atomic E-state index is 12.8. The second kappa shape index (κ2) is 12.0. The average molecular weight is 561 g/mol. The number of aromatic amines is 1. The summed E-state index contributed by atoms with van der Waals surface area (Å²) in [6.07, 6.45) is 6.12. The van der Waals surface area contributed by atoms with Crippen LogP contribution in [0.25, 0.3) is 21.0 Å². The van der Waals surface area contributed by atoms with Gasteiger partial charge in [0.2, 0.25) is 12.3 Å². The number of pyridine rings is 1. The van der Waals surface area contributed by atoms with Gasteiger partial charge in [-0.05, 0) is 72.8 Å². The van der Waals surface area contributed by atoms with E-state index in [1.165, 1.54) is 21.8 Å². The number of benzene rings is 2. The van der Waals surface area contributed by atoms with E-state index in [1.54, 1.807) is 11.3 Å². The van der Waals surface area contributed by atoms with Gasteiger partial charge in [-0.15, -0.1) is 11.3 Å². The van der Waals surface area contributed by atoms with Crippen molar-refractivity contribution in [2.75, 3.05) is 51.0 Å². The zero-order chi connectivity index (χ0) is 27.4. The van der Waals surface area contributed by atoms with Gasteiger partial charge in [-0.25, -0.2) is 0 Å². The molecule has 2 aliphatic rings. The number of hydrogen-bond acceptors (Lipinski definition) is 6. The molecule has 0 bridgehead atoms. The van der Waals surface area contributed by atoms with Crippen molar-refractivity contribution in [3.05, 3.63) is 70.3 Å². The van der Waals surface area contributed by atoms with Crippen molar-refractivity contribution in [2.45, 2.75) is 38.5 Å². The summed E-state index contributed by atoms with van der Waals surface area (Å²) in [6, 6.07) is 18.0. The summed E-state index contributed by atoms with van der Waals surface area (Å²) >= 11 is 1.79. The predicted octanol–water partition coefficient (Wildman–Crippen LogP) is 5.93. The summed E-state index contributed by atoms with van der Waals surface area (Å²) < 4.78 is 14.2. The summed E-state index contributed by atoms with van der Waals surface area (Å²) in [5.41, 5.74) is 1.98. The maximum absolute atomic E-state index is 12.8. The minimum atomic E-state index is -0.112. The Morgan fingerprint density at radius 1 is 1.02 bits per heavy atom. The average Bonchev–Trinajstić information content (AvgIpc) is 3.69. The van der Waals surface area contributed by atoms with E-state index in [4.69, 9.17) is 9.47 Å². The molecule has 8 heteroatoms. The molecule has 0 atom stereocenters. The normalized spacial score (nSPS) is 17.4.